The number of rotatable bonds is 1. The van der Waals surface area contributed by atoms with Gasteiger partial charge in [-0.25, -0.2) is 4.79 Å². The minimum absolute atomic E-state index is 0.174. The molecule has 21 heavy (non-hydrogen) atoms. The first kappa shape index (κ1) is 14.5. The third-order valence-electron chi connectivity index (χ3n) is 5.70. The number of carbonyl (C=O) groups is 2. The Labute approximate surface area is 123 Å². The average molecular weight is 292 g/mol. The van der Waals surface area contributed by atoms with Crippen LogP contribution in [0, 0.1) is 17.3 Å². The fourth-order valence-electron chi connectivity index (χ4n) is 4.23. The van der Waals surface area contributed by atoms with Gasteiger partial charge in [0.25, 0.3) is 0 Å². The molecule has 0 unspecified atom stereocenters. The molecule has 114 valence electrons. The first-order chi connectivity index (χ1) is 9.77. The number of fused-ring (bicyclic) bond motifs is 3. The van der Waals surface area contributed by atoms with E-state index in [1.165, 1.54) is 6.08 Å². The summed E-state index contributed by atoms with van der Waals surface area (Å²) in [5.74, 6) is -1.26. The summed E-state index contributed by atoms with van der Waals surface area (Å²) in [4.78, 5) is 24.6. The second-order valence-corrected chi connectivity index (χ2v) is 6.62. The molecule has 2 aliphatic carbocycles. The van der Waals surface area contributed by atoms with Gasteiger partial charge in [0.1, 0.15) is 17.1 Å². The molecule has 5 nitrogen and oxygen atoms in total. The lowest BCUT2D eigenvalue weighted by molar-refractivity contribution is -0.166. The normalized spacial score (nSPS) is 45.8. The van der Waals surface area contributed by atoms with Crippen molar-refractivity contribution in [2.45, 2.75) is 38.4 Å². The Morgan fingerprint density at radius 3 is 2.71 bits per heavy atom. The summed E-state index contributed by atoms with van der Waals surface area (Å²) in [6.45, 7) is 6.89. The minimum atomic E-state index is -1.41. The molecule has 2 N–H and O–H groups in total. The Morgan fingerprint density at radius 1 is 1.43 bits per heavy atom. The van der Waals surface area contributed by atoms with Crippen molar-refractivity contribution < 1.29 is 24.5 Å². The van der Waals surface area contributed by atoms with E-state index >= 15 is 0 Å². The molecule has 0 aromatic rings. The van der Waals surface area contributed by atoms with Gasteiger partial charge in [-0.05, 0) is 31.8 Å². The highest BCUT2D eigenvalue weighted by Crippen LogP contribution is 2.57. The van der Waals surface area contributed by atoms with Crippen LogP contribution in [-0.4, -0.2) is 40.3 Å². The molecule has 0 spiro atoms. The van der Waals surface area contributed by atoms with E-state index in [1.807, 2.05) is 6.92 Å². The first-order valence-electron chi connectivity index (χ1n) is 7.27. The third-order valence-corrected chi connectivity index (χ3v) is 5.70. The summed E-state index contributed by atoms with van der Waals surface area (Å²) < 4.78 is 5.42. The fraction of sp³-hybridized carbons (Fsp3) is 0.625. The number of carbonyl (C=O) groups excluding carboxylic acids is 2. The van der Waals surface area contributed by atoms with Crippen LogP contribution < -0.4 is 0 Å². The van der Waals surface area contributed by atoms with E-state index in [0.29, 0.717) is 18.4 Å². The Bertz CT molecular complexity index is 577. The van der Waals surface area contributed by atoms with E-state index in [2.05, 4.69) is 6.58 Å². The number of aliphatic hydroxyl groups excluding tert-OH is 1. The highest BCUT2D eigenvalue weighted by molar-refractivity contribution is 6.05. The van der Waals surface area contributed by atoms with Crippen molar-refractivity contribution in [2.75, 3.05) is 6.61 Å². The van der Waals surface area contributed by atoms with Crippen molar-refractivity contribution >= 4 is 11.8 Å². The lowest BCUT2D eigenvalue weighted by Crippen LogP contribution is -2.56. The molecule has 0 amide bonds. The van der Waals surface area contributed by atoms with Crippen LogP contribution >= 0.6 is 0 Å². The van der Waals surface area contributed by atoms with E-state index in [-0.39, 0.29) is 23.2 Å². The molecule has 3 rings (SSSR count). The van der Waals surface area contributed by atoms with E-state index < -0.39 is 29.7 Å². The van der Waals surface area contributed by atoms with E-state index in [0.717, 1.165) is 0 Å². The summed E-state index contributed by atoms with van der Waals surface area (Å²) in [5, 5.41) is 20.6. The highest BCUT2D eigenvalue weighted by atomic mass is 16.6. The highest BCUT2D eigenvalue weighted by Gasteiger charge is 2.68. The molecule has 3 aliphatic rings. The van der Waals surface area contributed by atoms with Crippen LogP contribution in [0.15, 0.2) is 23.8 Å². The minimum Gasteiger partial charge on any atom is -0.457 e. The Balaban J connectivity index is 2.17. The largest absolute Gasteiger partial charge is 0.457 e. The van der Waals surface area contributed by atoms with Gasteiger partial charge in [0, 0.05) is 17.1 Å². The van der Waals surface area contributed by atoms with Gasteiger partial charge in [-0.15, -0.1) is 0 Å². The number of ketones is 1. The standard InChI is InChI=1S/C16H20O5/c1-8-4-5-11-9(2)14(19)21-13(11)15(3)12(18)10(7-17)6-16(8,15)20/h6,8,11,13,17,20H,2,4-5,7H2,1,3H3/t8-,11-,13+,15-,16+/m0/s1. The van der Waals surface area contributed by atoms with Crippen molar-refractivity contribution in [1.29, 1.82) is 0 Å². The molecule has 0 aromatic heterocycles. The molecule has 1 saturated heterocycles. The summed E-state index contributed by atoms with van der Waals surface area (Å²) in [5.41, 5.74) is -2.10. The Hall–Kier alpha value is -1.46. The number of esters is 1. The van der Waals surface area contributed by atoms with Gasteiger partial charge in [-0.2, -0.15) is 0 Å². The third kappa shape index (κ3) is 1.53. The summed E-state index contributed by atoms with van der Waals surface area (Å²) in [6.07, 6.45) is 2.06. The van der Waals surface area contributed by atoms with Gasteiger partial charge in [0.15, 0.2) is 5.78 Å². The zero-order chi connectivity index (χ0) is 15.6. The van der Waals surface area contributed by atoms with Crippen LogP contribution in [0.4, 0.5) is 0 Å². The fourth-order valence-corrected chi connectivity index (χ4v) is 4.23. The second kappa shape index (κ2) is 4.27. The smallest absolute Gasteiger partial charge is 0.334 e. The van der Waals surface area contributed by atoms with Gasteiger partial charge < -0.3 is 14.9 Å². The topological polar surface area (TPSA) is 83.8 Å². The monoisotopic (exact) mass is 292 g/mol. The maximum absolute atomic E-state index is 12.7. The van der Waals surface area contributed by atoms with Crippen molar-refractivity contribution in [3.05, 3.63) is 23.8 Å². The number of Topliss-reactive ketones (excluding diaryl/α,β-unsaturated/α-hetero) is 1. The number of aliphatic hydroxyl groups is 2. The van der Waals surface area contributed by atoms with E-state index in [4.69, 9.17) is 4.74 Å². The maximum atomic E-state index is 12.7. The molecule has 1 aliphatic heterocycles. The van der Waals surface area contributed by atoms with Crippen LogP contribution in [0.2, 0.25) is 0 Å². The molecule has 0 aromatic carbocycles. The van der Waals surface area contributed by atoms with Gasteiger partial charge in [0.05, 0.1) is 6.61 Å². The second-order valence-electron chi connectivity index (χ2n) is 6.62. The lowest BCUT2D eigenvalue weighted by Gasteiger charge is -2.43. The van der Waals surface area contributed by atoms with Gasteiger partial charge in [-0.3, -0.25) is 4.79 Å². The molecular formula is C16H20O5. The van der Waals surface area contributed by atoms with E-state index in [9.17, 15) is 19.8 Å². The summed E-state index contributed by atoms with van der Waals surface area (Å²) >= 11 is 0. The van der Waals surface area contributed by atoms with Crippen LogP contribution in [0.5, 0.6) is 0 Å². The first-order valence-corrected chi connectivity index (χ1v) is 7.27. The number of hydrogen-bond donors (Lipinski definition) is 2. The predicted molar refractivity (Wildman–Crippen MR) is 74.1 cm³/mol. The van der Waals surface area contributed by atoms with Crippen LogP contribution in [0.1, 0.15) is 26.7 Å². The molecule has 2 fully saturated rings. The maximum Gasteiger partial charge on any atom is 0.334 e. The molecule has 5 heteroatoms. The number of hydrogen-bond acceptors (Lipinski definition) is 5. The molecule has 0 bridgehead atoms. The van der Waals surface area contributed by atoms with Crippen molar-refractivity contribution in [3.8, 4) is 0 Å². The Morgan fingerprint density at radius 2 is 2.10 bits per heavy atom. The lowest BCUT2D eigenvalue weighted by atomic mass is 9.64. The predicted octanol–water partition coefficient (Wildman–Crippen LogP) is 0.753. The van der Waals surface area contributed by atoms with Crippen molar-refractivity contribution in [3.63, 3.8) is 0 Å². The Kier molecular flexibility index (Phi) is 2.94. The van der Waals surface area contributed by atoms with Crippen molar-refractivity contribution in [1.82, 2.24) is 0 Å². The molecular weight excluding hydrogens is 272 g/mol. The van der Waals surface area contributed by atoms with E-state index in [1.54, 1.807) is 6.92 Å². The summed E-state index contributed by atoms with van der Waals surface area (Å²) in [7, 11) is 0. The zero-order valence-electron chi connectivity index (χ0n) is 12.3. The molecule has 0 radical (unpaired) electrons. The SMILES string of the molecule is C=C1C(=O)O[C@@H]2[C@H]1CC[C@H](C)[C@]1(O)C=C(CO)C(=O)[C@@]21C. The van der Waals surface area contributed by atoms with Crippen LogP contribution in [0.3, 0.4) is 0 Å². The zero-order valence-corrected chi connectivity index (χ0v) is 12.3. The summed E-state index contributed by atoms with van der Waals surface area (Å²) in [6, 6.07) is 0. The van der Waals surface area contributed by atoms with Gasteiger partial charge in [0.2, 0.25) is 0 Å². The van der Waals surface area contributed by atoms with Crippen LogP contribution in [-0.2, 0) is 14.3 Å². The van der Waals surface area contributed by atoms with Gasteiger partial charge >= 0.3 is 5.97 Å². The van der Waals surface area contributed by atoms with Crippen molar-refractivity contribution in [2.24, 2.45) is 17.3 Å². The average Bonchev–Trinajstić information content (AvgIpc) is 2.82. The van der Waals surface area contributed by atoms with Crippen LogP contribution in [0.25, 0.3) is 0 Å². The quantitative estimate of drug-likeness (QED) is 0.550. The number of ether oxygens (including phenoxy) is 1. The molecule has 1 heterocycles. The molecule has 1 saturated carbocycles. The molecule has 5 atom stereocenters. The van der Waals surface area contributed by atoms with Gasteiger partial charge in [-0.1, -0.05) is 13.5 Å².